The van der Waals surface area contributed by atoms with Gasteiger partial charge in [0, 0.05) is 5.69 Å². The van der Waals surface area contributed by atoms with Gasteiger partial charge in [-0.05, 0) is 34.9 Å². The number of hydrogen-bond acceptors (Lipinski definition) is 1. The molecule has 0 N–H and O–H groups in total. The molecule has 0 saturated carbocycles. The van der Waals surface area contributed by atoms with Crippen molar-refractivity contribution in [3.63, 3.8) is 0 Å². The Kier molecular flexibility index (Phi) is 4.22. The zero-order chi connectivity index (χ0) is 19.0. The molecular formula is C22H16F3NO. The lowest BCUT2D eigenvalue weighted by Crippen LogP contribution is -2.28. The largest absolute Gasteiger partial charge is 0.416 e. The smallest absolute Gasteiger partial charge is 0.307 e. The van der Waals surface area contributed by atoms with E-state index in [4.69, 9.17) is 0 Å². The number of carbonyl (C=O) groups is 1. The van der Waals surface area contributed by atoms with Crippen molar-refractivity contribution in [1.29, 1.82) is 0 Å². The van der Waals surface area contributed by atoms with E-state index in [0.717, 1.165) is 17.7 Å². The molecular weight excluding hydrogens is 351 g/mol. The number of halogens is 3. The quantitative estimate of drug-likeness (QED) is 0.608. The molecule has 0 fully saturated rings. The summed E-state index contributed by atoms with van der Waals surface area (Å²) in [6.45, 7) is 0.321. The highest BCUT2D eigenvalue weighted by Gasteiger charge is 2.40. The summed E-state index contributed by atoms with van der Waals surface area (Å²) in [5.74, 6) is -0.938. The lowest BCUT2D eigenvalue weighted by Gasteiger charge is -2.18. The molecule has 1 atom stereocenters. The first-order valence-electron chi connectivity index (χ1n) is 8.56. The monoisotopic (exact) mass is 367 g/mol. The minimum atomic E-state index is -4.45. The van der Waals surface area contributed by atoms with E-state index in [2.05, 4.69) is 0 Å². The van der Waals surface area contributed by atoms with Crippen molar-refractivity contribution in [3.8, 4) is 0 Å². The van der Waals surface area contributed by atoms with Crippen LogP contribution in [0.4, 0.5) is 18.9 Å². The van der Waals surface area contributed by atoms with Crippen molar-refractivity contribution < 1.29 is 18.0 Å². The number of benzene rings is 3. The maximum atomic E-state index is 13.2. The van der Waals surface area contributed by atoms with E-state index in [-0.39, 0.29) is 5.91 Å². The maximum absolute atomic E-state index is 13.2. The molecule has 3 aromatic carbocycles. The Labute approximate surface area is 154 Å². The van der Waals surface area contributed by atoms with Gasteiger partial charge < -0.3 is 4.90 Å². The zero-order valence-electron chi connectivity index (χ0n) is 14.3. The van der Waals surface area contributed by atoms with Crippen LogP contribution in [-0.4, -0.2) is 5.91 Å². The van der Waals surface area contributed by atoms with Crippen molar-refractivity contribution in [2.45, 2.75) is 18.6 Å². The number of amides is 1. The second kappa shape index (κ2) is 6.58. The van der Waals surface area contributed by atoms with Gasteiger partial charge in [-0.2, -0.15) is 13.2 Å². The highest BCUT2D eigenvalue weighted by atomic mass is 19.4. The minimum Gasteiger partial charge on any atom is -0.307 e. The Balaban J connectivity index is 1.82. The number of alkyl halides is 3. The molecule has 1 aliphatic rings. The number of rotatable bonds is 3. The zero-order valence-corrected chi connectivity index (χ0v) is 14.3. The standard InChI is InChI=1S/C22H16F3NO/c23-22(24,25)17-11-12-19-18(13-17)20(16-9-5-2-6-10-16)21(27)26(19)14-15-7-3-1-4-8-15/h1-13,20H,14H2. The molecule has 0 bridgehead atoms. The van der Waals surface area contributed by atoms with E-state index >= 15 is 0 Å². The van der Waals surface area contributed by atoms with Crippen LogP contribution in [0.25, 0.3) is 0 Å². The summed E-state index contributed by atoms with van der Waals surface area (Å²) in [4.78, 5) is 14.7. The number of nitrogens with zero attached hydrogens (tertiary/aromatic N) is 1. The lowest BCUT2D eigenvalue weighted by molar-refractivity contribution is -0.137. The Bertz CT molecular complexity index is 968. The van der Waals surface area contributed by atoms with E-state index in [1.807, 2.05) is 36.4 Å². The number of anilines is 1. The molecule has 1 amide bonds. The first-order valence-corrected chi connectivity index (χ1v) is 8.56. The van der Waals surface area contributed by atoms with Gasteiger partial charge in [-0.1, -0.05) is 60.7 Å². The number of fused-ring (bicyclic) bond motifs is 1. The van der Waals surface area contributed by atoms with Gasteiger partial charge in [0.2, 0.25) is 5.91 Å². The molecule has 0 aliphatic carbocycles. The fraction of sp³-hybridized carbons (Fsp3) is 0.136. The van der Waals surface area contributed by atoms with Crippen LogP contribution in [0.5, 0.6) is 0 Å². The minimum absolute atomic E-state index is 0.209. The van der Waals surface area contributed by atoms with Crippen molar-refractivity contribution in [2.75, 3.05) is 4.90 Å². The number of carbonyl (C=O) groups excluding carboxylic acids is 1. The molecule has 3 aromatic rings. The van der Waals surface area contributed by atoms with Gasteiger partial charge in [0.05, 0.1) is 18.0 Å². The average Bonchev–Trinajstić information content (AvgIpc) is 2.94. The molecule has 2 nitrogen and oxygen atoms in total. The van der Waals surface area contributed by atoms with E-state index in [0.29, 0.717) is 23.4 Å². The van der Waals surface area contributed by atoms with Crippen molar-refractivity contribution in [1.82, 2.24) is 0 Å². The van der Waals surface area contributed by atoms with Crippen LogP contribution in [0, 0.1) is 0 Å². The predicted molar refractivity (Wildman–Crippen MR) is 97.4 cm³/mol. The fourth-order valence-electron chi connectivity index (χ4n) is 3.51. The molecule has 0 radical (unpaired) electrons. The first kappa shape index (κ1) is 17.3. The van der Waals surface area contributed by atoms with Gasteiger partial charge in [-0.15, -0.1) is 0 Å². The maximum Gasteiger partial charge on any atom is 0.416 e. The van der Waals surface area contributed by atoms with Gasteiger partial charge in [-0.3, -0.25) is 4.79 Å². The van der Waals surface area contributed by atoms with Gasteiger partial charge >= 0.3 is 6.18 Å². The molecule has 1 heterocycles. The Morgan fingerprint density at radius 1 is 0.852 bits per heavy atom. The highest BCUT2D eigenvalue weighted by molar-refractivity contribution is 6.07. The summed E-state index contributed by atoms with van der Waals surface area (Å²) in [7, 11) is 0. The van der Waals surface area contributed by atoms with Crippen molar-refractivity contribution in [2.24, 2.45) is 0 Å². The molecule has 27 heavy (non-hydrogen) atoms. The topological polar surface area (TPSA) is 20.3 Å². The second-order valence-electron chi connectivity index (χ2n) is 6.53. The van der Waals surface area contributed by atoms with E-state index < -0.39 is 17.7 Å². The second-order valence-corrected chi connectivity index (χ2v) is 6.53. The summed E-state index contributed by atoms with van der Waals surface area (Å²) in [5, 5.41) is 0. The van der Waals surface area contributed by atoms with E-state index in [1.165, 1.54) is 6.07 Å². The van der Waals surface area contributed by atoms with Gasteiger partial charge in [0.25, 0.3) is 0 Å². The van der Waals surface area contributed by atoms with Gasteiger partial charge in [-0.25, -0.2) is 0 Å². The van der Waals surface area contributed by atoms with Crippen molar-refractivity contribution in [3.05, 3.63) is 101 Å². The van der Waals surface area contributed by atoms with Crippen LogP contribution in [0.3, 0.4) is 0 Å². The van der Waals surface area contributed by atoms with Crippen LogP contribution in [0.1, 0.15) is 28.2 Å². The Morgan fingerprint density at radius 2 is 1.48 bits per heavy atom. The third-order valence-corrected chi connectivity index (χ3v) is 4.79. The normalized spacial score (nSPS) is 16.5. The highest BCUT2D eigenvalue weighted by Crippen LogP contribution is 2.44. The molecule has 1 unspecified atom stereocenters. The van der Waals surface area contributed by atoms with Crippen LogP contribution in [0.2, 0.25) is 0 Å². The average molecular weight is 367 g/mol. The molecule has 1 aliphatic heterocycles. The fourth-order valence-corrected chi connectivity index (χ4v) is 3.51. The summed E-state index contributed by atoms with van der Waals surface area (Å²) >= 11 is 0. The Hall–Kier alpha value is -3.08. The summed E-state index contributed by atoms with van der Waals surface area (Å²) in [5.41, 5.74) is 1.81. The first-order chi connectivity index (χ1) is 12.9. The SMILES string of the molecule is O=C1C(c2ccccc2)c2cc(C(F)(F)F)ccc2N1Cc1ccccc1. The van der Waals surface area contributed by atoms with Crippen LogP contribution in [-0.2, 0) is 17.5 Å². The Morgan fingerprint density at radius 3 is 2.11 bits per heavy atom. The molecule has 0 saturated heterocycles. The lowest BCUT2D eigenvalue weighted by atomic mass is 9.91. The summed E-state index contributed by atoms with van der Waals surface area (Å²) in [6.07, 6.45) is -4.45. The third kappa shape index (κ3) is 3.21. The predicted octanol–water partition coefficient (Wildman–Crippen LogP) is 5.38. The molecule has 5 heteroatoms. The van der Waals surface area contributed by atoms with Crippen LogP contribution in [0.15, 0.2) is 78.9 Å². The van der Waals surface area contributed by atoms with Crippen LogP contribution >= 0.6 is 0 Å². The van der Waals surface area contributed by atoms with Gasteiger partial charge in [0.15, 0.2) is 0 Å². The molecule has 0 spiro atoms. The van der Waals surface area contributed by atoms with Crippen molar-refractivity contribution >= 4 is 11.6 Å². The molecule has 136 valence electrons. The number of hydrogen-bond donors (Lipinski definition) is 0. The van der Waals surface area contributed by atoms with E-state index in [9.17, 15) is 18.0 Å². The molecule has 0 aromatic heterocycles. The molecule has 4 rings (SSSR count). The van der Waals surface area contributed by atoms with Crippen LogP contribution < -0.4 is 4.90 Å². The van der Waals surface area contributed by atoms with Gasteiger partial charge in [0.1, 0.15) is 0 Å². The summed E-state index contributed by atoms with van der Waals surface area (Å²) in [6, 6.07) is 21.9. The van der Waals surface area contributed by atoms with E-state index in [1.54, 1.807) is 29.2 Å². The third-order valence-electron chi connectivity index (χ3n) is 4.79. The summed E-state index contributed by atoms with van der Waals surface area (Å²) < 4.78 is 39.7.